The summed E-state index contributed by atoms with van der Waals surface area (Å²) in [7, 11) is 12.0. The Balaban J connectivity index is 0.0000106. The Kier molecular flexibility index (Phi) is 31.2. The van der Waals surface area contributed by atoms with Gasteiger partial charge in [-0.15, -0.1) is 0 Å². The highest BCUT2D eigenvalue weighted by Gasteiger charge is 2.43. The van der Waals surface area contributed by atoms with Crippen LogP contribution in [0.3, 0.4) is 0 Å². The van der Waals surface area contributed by atoms with Crippen LogP contribution in [0.4, 0.5) is 0 Å². The summed E-state index contributed by atoms with van der Waals surface area (Å²) in [4.78, 5) is 151. The zero-order chi connectivity index (χ0) is 65.2. The van der Waals surface area contributed by atoms with Gasteiger partial charge in [0.05, 0.1) is 55.4 Å². The van der Waals surface area contributed by atoms with E-state index in [2.05, 4.69) is 42.5 Å². The lowest BCUT2D eigenvalue weighted by Crippen LogP contribution is -3.00. The van der Waals surface area contributed by atoms with Crippen LogP contribution in [0.5, 0.6) is 0 Å². The van der Waals surface area contributed by atoms with Crippen LogP contribution < -0.4 is 67.3 Å². The molecule has 24 heteroatoms. The highest BCUT2D eigenvalue weighted by Crippen LogP contribution is 2.24. The molecule has 2 aromatic carbocycles. The Morgan fingerprint density at radius 3 is 1.00 bits per heavy atom. The molecular weight excluding hydrogens is 1190 g/mol. The number of nitrogens with one attached hydrogen (secondary N) is 8. The van der Waals surface area contributed by atoms with Crippen LogP contribution in [-0.4, -0.2) is 207 Å². The van der Waals surface area contributed by atoms with E-state index >= 15 is 9.59 Å². The molecular formula is C66H106Cl2N12O10. The van der Waals surface area contributed by atoms with E-state index in [0.29, 0.717) is 47.7 Å². The van der Waals surface area contributed by atoms with Crippen molar-refractivity contribution < 1.29 is 81.7 Å². The lowest BCUT2D eigenvalue weighted by atomic mass is 9.98. The van der Waals surface area contributed by atoms with Gasteiger partial charge >= 0.3 is 0 Å². The zero-order valence-electron chi connectivity index (χ0n) is 55.8. The van der Waals surface area contributed by atoms with Crippen molar-refractivity contribution in [3.8, 4) is 0 Å². The average Bonchev–Trinajstić information content (AvgIpc) is 2.79. The van der Waals surface area contributed by atoms with Gasteiger partial charge in [0.1, 0.15) is 60.4 Å². The Morgan fingerprint density at radius 1 is 0.400 bits per heavy atom. The smallest absolute Gasteiger partial charge is 0.246 e. The van der Waals surface area contributed by atoms with E-state index < -0.39 is 131 Å². The van der Waals surface area contributed by atoms with Crippen LogP contribution >= 0.6 is 0 Å². The number of hydrogen-bond donors (Lipinski definition) is 8. The molecule has 0 bridgehead atoms. The van der Waals surface area contributed by atoms with Gasteiger partial charge in [0.2, 0.25) is 59.1 Å². The number of nitrogens with zero attached hydrogens (tertiary/aromatic N) is 4. The van der Waals surface area contributed by atoms with E-state index in [1.165, 1.54) is 9.80 Å². The summed E-state index contributed by atoms with van der Waals surface area (Å²) in [6.07, 6.45) is 3.14. The SMILES string of the molecule is CC(C)C[C@@H]1NC(=O)[C@H](CCC[N+](C)(C)C)NC(=O)[C@H](C(C)C)NC(=O)[C@@H]2CCCN2C(=O)[C@@H](Cc2ccccc2)NC(=O)[C@H](CC(C)C)NC(=O)[C@H](CCC[N+](C)(C)C)NC(=O)[C@H](C(C)C)NC(=O)[C@@H]2CCCN2C(=O)[C@@H](Cc2ccccc2)NC1=O.[Cl-].[Cl-]. The highest BCUT2D eigenvalue weighted by molar-refractivity contribution is 6.00. The monoisotopic (exact) mass is 1300 g/mol. The van der Waals surface area contributed by atoms with Gasteiger partial charge in [-0.3, -0.25) is 47.9 Å². The van der Waals surface area contributed by atoms with Crippen LogP contribution in [0.1, 0.15) is 131 Å². The molecule has 5 rings (SSSR count). The molecule has 0 radical (unpaired) electrons. The summed E-state index contributed by atoms with van der Waals surface area (Å²) in [6.45, 7) is 16.2. The van der Waals surface area contributed by atoms with E-state index in [1.54, 1.807) is 27.7 Å². The molecule has 0 spiro atoms. The number of fused-ring (bicyclic) bond motifs is 2. The minimum absolute atomic E-state index is 0. The molecule has 0 aromatic heterocycles. The van der Waals surface area contributed by atoms with Crippen molar-refractivity contribution in [1.29, 1.82) is 0 Å². The summed E-state index contributed by atoms with van der Waals surface area (Å²) in [5.74, 6) is -7.38. The minimum atomic E-state index is -1.21. The molecule has 504 valence electrons. The van der Waals surface area contributed by atoms with E-state index in [4.69, 9.17) is 0 Å². The van der Waals surface area contributed by atoms with Gasteiger partial charge in [-0.2, -0.15) is 0 Å². The molecule has 0 saturated carbocycles. The second-order valence-electron chi connectivity index (χ2n) is 28.2. The first-order valence-electron chi connectivity index (χ1n) is 32.0. The Bertz CT molecular complexity index is 2530. The fourth-order valence-corrected chi connectivity index (χ4v) is 11.8. The van der Waals surface area contributed by atoms with Crippen LogP contribution in [0.2, 0.25) is 0 Å². The Hall–Kier alpha value is -6.36. The van der Waals surface area contributed by atoms with Crippen molar-refractivity contribution in [1.82, 2.24) is 52.3 Å². The maximum absolute atomic E-state index is 15.1. The van der Waals surface area contributed by atoms with Gasteiger partial charge in [-0.05, 0) is 99.0 Å². The van der Waals surface area contributed by atoms with Crippen LogP contribution in [0, 0.1) is 23.7 Å². The predicted molar refractivity (Wildman–Crippen MR) is 338 cm³/mol. The summed E-state index contributed by atoms with van der Waals surface area (Å²) < 4.78 is 1.13. The fraction of sp³-hybridized carbons (Fsp3) is 0.667. The summed E-state index contributed by atoms with van der Waals surface area (Å²) >= 11 is 0. The molecule has 90 heavy (non-hydrogen) atoms. The van der Waals surface area contributed by atoms with Crippen LogP contribution in [-0.2, 0) is 60.8 Å². The van der Waals surface area contributed by atoms with E-state index in [0.717, 1.165) is 11.1 Å². The van der Waals surface area contributed by atoms with E-state index in [-0.39, 0.29) is 101 Å². The normalized spacial score (nSPS) is 25.4. The number of benzene rings is 2. The Morgan fingerprint density at radius 2 is 0.700 bits per heavy atom. The molecule has 10 amide bonds. The van der Waals surface area contributed by atoms with Gasteiger partial charge in [-0.1, -0.05) is 116 Å². The first-order chi connectivity index (χ1) is 41.3. The van der Waals surface area contributed by atoms with Gasteiger partial charge < -0.3 is 86.1 Å². The molecule has 3 heterocycles. The predicted octanol–water partition coefficient (Wildman–Crippen LogP) is -3.27. The first kappa shape index (κ1) is 77.9. The third-order valence-corrected chi connectivity index (χ3v) is 16.6. The number of quaternary nitrogens is 2. The summed E-state index contributed by atoms with van der Waals surface area (Å²) in [6, 6.07) is 6.70. The molecule has 8 N–H and O–H groups in total. The highest BCUT2D eigenvalue weighted by atomic mass is 35.5. The van der Waals surface area contributed by atoms with Crippen molar-refractivity contribution in [3.63, 3.8) is 0 Å². The Labute approximate surface area is 547 Å². The number of amides is 10. The number of rotatable bonds is 18. The molecule has 3 aliphatic heterocycles. The second kappa shape index (κ2) is 36.0. The molecule has 3 saturated heterocycles. The first-order valence-corrected chi connectivity index (χ1v) is 32.0. The lowest BCUT2D eigenvalue weighted by Gasteiger charge is -2.33. The molecule has 2 aromatic rings. The maximum Gasteiger partial charge on any atom is 0.246 e. The number of carbonyl (C=O) groups is 10. The summed E-state index contributed by atoms with van der Waals surface area (Å²) in [5, 5.41) is 23.5. The number of carbonyl (C=O) groups excluding carboxylic acids is 10. The molecule has 0 aliphatic carbocycles. The third kappa shape index (κ3) is 24.4. The van der Waals surface area contributed by atoms with Gasteiger partial charge in [0.25, 0.3) is 0 Å². The van der Waals surface area contributed by atoms with Crippen molar-refractivity contribution >= 4 is 59.1 Å². The second-order valence-corrected chi connectivity index (χ2v) is 28.2. The quantitative estimate of drug-likeness (QED) is 0.0691. The van der Waals surface area contributed by atoms with E-state index in [1.807, 2.05) is 131 Å². The number of hydrogen-bond acceptors (Lipinski definition) is 10. The number of halogens is 2. The van der Waals surface area contributed by atoms with E-state index in [9.17, 15) is 38.4 Å². The molecule has 22 nitrogen and oxygen atoms in total. The zero-order valence-corrected chi connectivity index (χ0v) is 57.3. The maximum atomic E-state index is 15.1. The largest absolute Gasteiger partial charge is 1.00 e. The van der Waals surface area contributed by atoms with Crippen LogP contribution in [0.15, 0.2) is 60.7 Å². The standard InChI is InChI=1S/C66H104N12O10.2ClH/c1-41(2)37-49-59(81)71-51(39-45-25-17-15-18-26-45)65(87)75-33-21-31-53(75)61(83)74-56(44(7)8)64(86)68-48(30-24-36-78(12,13)14)58(80)70-50(38-42(3)4)60(82)72-52(40-46-27-19-16-20-28-46)66(88)76-34-22-32-54(76)62(84)73-55(43(5)6)63(85)67-47(57(79)69-49)29-23-35-77(9,10)11;;/h15-20,25-28,41-44,47-56H,21-24,29-40H2,1-14H3,(H6-2,67,68,69,70,71,72,73,74,79,80,81,82,83,84,85,86);2*1H/t47-,48-,49-,50-,51+,52+,53-,54-,55-,56-;;/m0../s1. The molecule has 3 aliphatic rings. The van der Waals surface area contributed by atoms with Gasteiger partial charge in [0, 0.05) is 25.9 Å². The van der Waals surface area contributed by atoms with Crippen molar-refractivity contribution in [2.24, 2.45) is 23.7 Å². The fourth-order valence-electron chi connectivity index (χ4n) is 11.8. The van der Waals surface area contributed by atoms with Gasteiger partial charge in [-0.25, -0.2) is 0 Å². The molecule has 3 fully saturated rings. The average molecular weight is 1300 g/mol. The van der Waals surface area contributed by atoms with Crippen LogP contribution in [0.25, 0.3) is 0 Å². The van der Waals surface area contributed by atoms with Crippen molar-refractivity contribution in [2.75, 3.05) is 68.5 Å². The topological polar surface area (TPSA) is 273 Å². The molecule has 10 atom stereocenters. The van der Waals surface area contributed by atoms with Crippen molar-refractivity contribution in [3.05, 3.63) is 71.8 Å². The van der Waals surface area contributed by atoms with Gasteiger partial charge in [0.15, 0.2) is 0 Å². The minimum Gasteiger partial charge on any atom is -1.00 e. The summed E-state index contributed by atoms with van der Waals surface area (Å²) in [5.41, 5.74) is 1.45. The third-order valence-electron chi connectivity index (χ3n) is 16.6. The molecule has 0 unspecified atom stereocenters. The lowest BCUT2D eigenvalue weighted by molar-refractivity contribution is -0.870. The van der Waals surface area contributed by atoms with Crippen molar-refractivity contribution in [2.45, 2.75) is 193 Å².